The summed E-state index contributed by atoms with van der Waals surface area (Å²) in [5.74, 6) is 0. The van der Waals surface area contributed by atoms with Gasteiger partial charge in [-0.1, -0.05) is 22.3 Å². The van der Waals surface area contributed by atoms with Crippen LogP contribution in [0.1, 0.15) is 68.2 Å². The molecule has 0 saturated carbocycles. The molecule has 0 radical (unpaired) electrons. The van der Waals surface area contributed by atoms with Crippen molar-refractivity contribution in [1.82, 2.24) is 0 Å². The van der Waals surface area contributed by atoms with Gasteiger partial charge in [0.1, 0.15) is 0 Å². The molecular formula is C20H34Ti. The van der Waals surface area contributed by atoms with Crippen LogP contribution in [-0.4, -0.2) is 0 Å². The normalized spacial score (nSPS) is 17.1. The predicted molar refractivity (Wildman–Crippen MR) is 95.6 cm³/mol. The van der Waals surface area contributed by atoms with E-state index in [-0.39, 0.29) is 36.6 Å². The van der Waals surface area contributed by atoms with Crippen LogP contribution in [0.25, 0.3) is 0 Å². The van der Waals surface area contributed by atoms with Crippen LogP contribution < -0.4 is 0 Å². The number of rotatable bonds is 0. The van der Waals surface area contributed by atoms with Crippen LogP contribution in [0.4, 0.5) is 0 Å². The van der Waals surface area contributed by atoms with Crippen LogP contribution in [0.3, 0.4) is 0 Å². The Kier molecular flexibility index (Phi) is 12.7. The molecule has 0 aromatic heterocycles. The Labute approximate surface area is 149 Å². The quantitative estimate of drug-likeness (QED) is 0.332. The molecule has 0 aromatic carbocycles. The Hall–Kier alpha value is -0.326. The molecule has 0 N–H and O–H groups in total. The molecule has 2 aliphatic carbocycles. The summed E-state index contributed by atoms with van der Waals surface area (Å²) in [6, 6.07) is 0. The van der Waals surface area contributed by atoms with Crippen molar-refractivity contribution in [3.63, 3.8) is 0 Å². The van der Waals surface area contributed by atoms with Crippen molar-refractivity contribution in [3.8, 4) is 0 Å². The fourth-order valence-electron chi connectivity index (χ4n) is 2.61. The molecule has 2 aliphatic rings. The average Bonchev–Trinajstić information content (AvgIpc) is 2.66. The predicted octanol–water partition coefficient (Wildman–Crippen LogP) is 7.02. The van der Waals surface area contributed by atoms with Gasteiger partial charge in [0.2, 0.25) is 0 Å². The molecule has 0 bridgehead atoms. The molecule has 21 heavy (non-hydrogen) atoms. The maximum Gasteiger partial charge on any atom is 2.00 e. The summed E-state index contributed by atoms with van der Waals surface area (Å²) in [5, 5.41) is 0. The standard InChI is InChI=1S/2C9H14.2CH3.Ti/c2*1-6-5-7(2)9(4)8(6)3;;;/h2*5H2,1-4H3;2*1H3;/q;;2*-1;+2. The molecule has 118 valence electrons. The molecule has 0 atom stereocenters. The van der Waals surface area contributed by atoms with Crippen molar-refractivity contribution in [2.45, 2.75) is 68.2 Å². The molecule has 0 aliphatic heterocycles. The zero-order valence-corrected chi connectivity index (χ0v) is 17.5. The Morgan fingerprint density at radius 1 is 0.429 bits per heavy atom. The molecule has 0 fully saturated rings. The second-order valence-corrected chi connectivity index (χ2v) is 5.97. The van der Waals surface area contributed by atoms with Gasteiger partial charge in [-0.15, -0.1) is 0 Å². The first kappa shape index (κ1) is 25.6. The molecule has 0 amide bonds. The molecule has 0 spiro atoms. The van der Waals surface area contributed by atoms with Crippen molar-refractivity contribution in [2.75, 3.05) is 0 Å². The summed E-state index contributed by atoms with van der Waals surface area (Å²) in [4.78, 5) is 0. The number of hydrogen-bond donors (Lipinski definition) is 0. The Morgan fingerprint density at radius 3 is 0.619 bits per heavy atom. The third-order valence-electron chi connectivity index (χ3n) is 4.75. The Bertz CT molecular complexity index is 392. The van der Waals surface area contributed by atoms with Crippen LogP contribution in [-0.2, 0) is 21.7 Å². The van der Waals surface area contributed by atoms with Gasteiger partial charge in [-0.05, 0) is 90.5 Å². The van der Waals surface area contributed by atoms with Gasteiger partial charge in [0.25, 0.3) is 0 Å². The molecule has 1 heteroatoms. The van der Waals surface area contributed by atoms with E-state index < -0.39 is 0 Å². The molecule has 0 nitrogen and oxygen atoms in total. The first-order chi connectivity index (χ1) is 8.25. The topological polar surface area (TPSA) is 0 Å². The SMILES string of the molecule is CC1=C(C)C(C)=C(C)C1.CC1=C(C)C(C)=C(C)C1.[CH3-].[CH3-].[Ti+2]. The van der Waals surface area contributed by atoms with Crippen LogP contribution in [0.5, 0.6) is 0 Å². The van der Waals surface area contributed by atoms with Gasteiger partial charge in [0.15, 0.2) is 0 Å². The minimum Gasteiger partial charge on any atom is -0.358 e. The van der Waals surface area contributed by atoms with Gasteiger partial charge in [-0.2, -0.15) is 0 Å². The minimum absolute atomic E-state index is 0. The zero-order valence-electron chi connectivity index (χ0n) is 15.9. The third-order valence-corrected chi connectivity index (χ3v) is 4.75. The first-order valence-electron chi connectivity index (χ1n) is 6.91. The minimum atomic E-state index is 0. The summed E-state index contributed by atoms with van der Waals surface area (Å²) in [6.45, 7) is 17.7. The first-order valence-corrected chi connectivity index (χ1v) is 6.91. The van der Waals surface area contributed by atoms with Crippen LogP contribution >= 0.6 is 0 Å². The van der Waals surface area contributed by atoms with Gasteiger partial charge in [0.05, 0.1) is 0 Å². The van der Waals surface area contributed by atoms with Crippen molar-refractivity contribution in [1.29, 1.82) is 0 Å². The molecule has 2 rings (SSSR count). The van der Waals surface area contributed by atoms with E-state index in [0.717, 1.165) is 0 Å². The van der Waals surface area contributed by atoms with Gasteiger partial charge in [0, 0.05) is 0 Å². The maximum absolute atomic E-state index is 2.22. The Morgan fingerprint density at radius 2 is 0.571 bits per heavy atom. The fraction of sp³-hybridized carbons (Fsp3) is 0.500. The summed E-state index contributed by atoms with van der Waals surface area (Å²) < 4.78 is 0. The maximum atomic E-state index is 2.22. The van der Waals surface area contributed by atoms with Crippen molar-refractivity contribution >= 4 is 0 Å². The zero-order chi connectivity index (χ0) is 14.0. The van der Waals surface area contributed by atoms with Crippen LogP contribution in [0, 0.1) is 14.9 Å². The van der Waals surface area contributed by atoms with E-state index in [1.54, 1.807) is 22.3 Å². The number of hydrogen-bond acceptors (Lipinski definition) is 0. The van der Waals surface area contributed by atoms with Gasteiger partial charge in [-0.25, -0.2) is 0 Å². The Balaban J connectivity index is -0.000000270. The second kappa shape index (κ2) is 10.4. The van der Waals surface area contributed by atoms with E-state index in [4.69, 9.17) is 0 Å². The summed E-state index contributed by atoms with van der Waals surface area (Å²) >= 11 is 0. The molecule has 0 heterocycles. The van der Waals surface area contributed by atoms with Gasteiger partial charge >= 0.3 is 21.7 Å². The van der Waals surface area contributed by atoms with Crippen LogP contribution in [0.15, 0.2) is 44.6 Å². The van der Waals surface area contributed by atoms with Gasteiger partial charge in [-0.3, -0.25) is 0 Å². The summed E-state index contributed by atoms with van der Waals surface area (Å²) in [7, 11) is 0. The monoisotopic (exact) mass is 322 g/mol. The van der Waals surface area contributed by atoms with Crippen molar-refractivity contribution in [3.05, 3.63) is 59.4 Å². The van der Waals surface area contributed by atoms with E-state index in [9.17, 15) is 0 Å². The van der Waals surface area contributed by atoms with Crippen molar-refractivity contribution in [2.24, 2.45) is 0 Å². The molecule has 0 unspecified atom stereocenters. The van der Waals surface area contributed by atoms with E-state index in [0.29, 0.717) is 0 Å². The molecule has 0 saturated heterocycles. The second-order valence-electron chi connectivity index (χ2n) is 5.97. The smallest absolute Gasteiger partial charge is 0.358 e. The molecule has 0 aromatic rings. The van der Waals surface area contributed by atoms with E-state index >= 15 is 0 Å². The van der Waals surface area contributed by atoms with E-state index in [2.05, 4.69) is 55.4 Å². The average molecular weight is 322 g/mol. The van der Waals surface area contributed by atoms with Crippen molar-refractivity contribution < 1.29 is 21.7 Å². The number of allylic oxidation sites excluding steroid dienone is 8. The van der Waals surface area contributed by atoms with Gasteiger partial charge < -0.3 is 14.9 Å². The van der Waals surface area contributed by atoms with E-state index in [1.807, 2.05) is 0 Å². The van der Waals surface area contributed by atoms with E-state index in [1.165, 1.54) is 35.1 Å². The van der Waals surface area contributed by atoms with Crippen LogP contribution in [0.2, 0.25) is 0 Å². The third kappa shape index (κ3) is 6.13. The summed E-state index contributed by atoms with van der Waals surface area (Å²) in [5.41, 5.74) is 12.2. The largest absolute Gasteiger partial charge is 2.00 e. The molecular weight excluding hydrogens is 288 g/mol. The summed E-state index contributed by atoms with van der Waals surface area (Å²) in [6.07, 6.45) is 2.41. The fourth-order valence-corrected chi connectivity index (χ4v) is 2.61.